The molecule has 0 aliphatic rings. The van der Waals surface area contributed by atoms with Gasteiger partial charge in [0.05, 0.1) is 26.2 Å². The number of carboxylic acid groups (broad SMARTS) is 1. The normalized spacial score (nSPS) is 13.0. The van der Waals surface area contributed by atoms with Crippen LogP contribution in [0.2, 0.25) is 0 Å². The summed E-state index contributed by atoms with van der Waals surface area (Å²) in [5.41, 5.74) is 1.91. The van der Waals surface area contributed by atoms with Crippen LogP contribution in [0.4, 0.5) is 0 Å². The summed E-state index contributed by atoms with van der Waals surface area (Å²) in [6.45, 7) is 2.49. The zero-order valence-electron chi connectivity index (χ0n) is 15.8. The molecule has 0 radical (unpaired) electrons. The van der Waals surface area contributed by atoms with Gasteiger partial charge in [-0.2, -0.15) is 0 Å². The van der Waals surface area contributed by atoms with Crippen LogP contribution in [0.25, 0.3) is 0 Å². The third-order valence-corrected chi connectivity index (χ3v) is 4.47. The van der Waals surface area contributed by atoms with E-state index in [1.54, 1.807) is 26.2 Å². The number of benzene rings is 2. The fourth-order valence-electron chi connectivity index (χ4n) is 2.76. The van der Waals surface area contributed by atoms with Crippen molar-refractivity contribution in [2.24, 2.45) is 11.8 Å². The number of ether oxygens (including phenoxy) is 2. The lowest BCUT2D eigenvalue weighted by Crippen LogP contribution is -2.25. The number of hydrogen-bond acceptors (Lipinski definition) is 4. The van der Waals surface area contributed by atoms with E-state index < -0.39 is 11.9 Å². The molecule has 2 aromatic carbocycles. The van der Waals surface area contributed by atoms with Crippen LogP contribution in [-0.4, -0.2) is 30.6 Å². The third kappa shape index (κ3) is 6.87. The largest absolute Gasteiger partial charge is 0.497 e. The molecule has 0 aliphatic heterocycles. The molecule has 2 atom stereocenters. The predicted octanol–water partition coefficient (Wildman–Crippen LogP) is 3.75. The van der Waals surface area contributed by atoms with Gasteiger partial charge in [0.1, 0.15) is 11.5 Å². The second-order valence-corrected chi connectivity index (χ2v) is 6.66. The maximum absolute atomic E-state index is 12.4. The molecule has 0 spiro atoms. The lowest BCUT2D eigenvalue weighted by molar-refractivity contribution is -0.144. The number of rotatable bonds is 11. The molecular formula is C22H26O5. The summed E-state index contributed by atoms with van der Waals surface area (Å²) in [6, 6.07) is 16.9. The molecule has 0 unspecified atom stereocenters. The van der Waals surface area contributed by atoms with Crippen molar-refractivity contribution in [3.8, 4) is 5.75 Å². The Hall–Kier alpha value is -2.66. The van der Waals surface area contributed by atoms with Crippen LogP contribution in [0.3, 0.4) is 0 Å². The van der Waals surface area contributed by atoms with Crippen LogP contribution in [0, 0.1) is 11.8 Å². The molecule has 0 fully saturated rings. The summed E-state index contributed by atoms with van der Waals surface area (Å²) >= 11 is 0. The molecular weight excluding hydrogens is 344 g/mol. The van der Waals surface area contributed by atoms with Gasteiger partial charge in [0.25, 0.3) is 0 Å². The van der Waals surface area contributed by atoms with Gasteiger partial charge in [-0.25, -0.2) is 0 Å². The number of carboxylic acids is 1. The molecule has 2 rings (SSSR count). The molecule has 27 heavy (non-hydrogen) atoms. The average molecular weight is 370 g/mol. The Kier molecular flexibility index (Phi) is 8.01. The number of carbonyl (C=O) groups is 2. The highest BCUT2D eigenvalue weighted by molar-refractivity contribution is 5.85. The molecule has 0 bridgehead atoms. The van der Waals surface area contributed by atoms with E-state index in [0.29, 0.717) is 18.8 Å². The Morgan fingerprint density at radius 2 is 1.67 bits per heavy atom. The van der Waals surface area contributed by atoms with Gasteiger partial charge in [-0.15, -0.1) is 0 Å². The van der Waals surface area contributed by atoms with Crippen molar-refractivity contribution in [1.29, 1.82) is 0 Å². The van der Waals surface area contributed by atoms with Crippen molar-refractivity contribution in [3.63, 3.8) is 0 Å². The minimum atomic E-state index is -0.962. The minimum Gasteiger partial charge on any atom is -0.497 e. The smallest absolute Gasteiger partial charge is 0.307 e. The lowest BCUT2D eigenvalue weighted by atomic mass is 9.90. The third-order valence-electron chi connectivity index (χ3n) is 4.47. The fourth-order valence-corrected chi connectivity index (χ4v) is 2.76. The van der Waals surface area contributed by atoms with Crippen molar-refractivity contribution < 1.29 is 24.2 Å². The van der Waals surface area contributed by atoms with E-state index in [4.69, 9.17) is 9.47 Å². The van der Waals surface area contributed by atoms with Crippen LogP contribution < -0.4 is 4.74 Å². The summed E-state index contributed by atoms with van der Waals surface area (Å²) in [7, 11) is 1.58. The van der Waals surface area contributed by atoms with E-state index in [2.05, 4.69) is 0 Å². The van der Waals surface area contributed by atoms with E-state index in [1.165, 1.54) is 0 Å². The molecule has 0 heterocycles. The molecule has 5 heteroatoms. The number of aliphatic carboxylic acids is 1. The first kappa shape index (κ1) is 20.6. The summed E-state index contributed by atoms with van der Waals surface area (Å²) < 4.78 is 10.7. The van der Waals surface area contributed by atoms with Crippen LogP contribution in [0.15, 0.2) is 54.6 Å². The van der Waals surface area contributed by atoms with Gasteiger partial charge in [0.2, 0.25) is 0 Å². The SMILES string of the molecule is COc1ccc(C[C@H](CC(=O)[C@@H](C)COCc2ccccc2)C(=O)O)cc1. The van der Waals surface area contributed by atoms with E-state index in [9.17, 15) is 14.7 Å². The Bertz CT molecular complexity index is 724. The molecule has 0 saturated carbocycles. The van der Waals surface area contributed by atoms with Crippen LogP contribution in [0.5, 0.6) is 5.75 Å². The number of hydrogen-bond donors (Lipinski definition) is 1. The number of methoxy groups -OCH3 is 1. The first-order chi connectivity index (χ1) is 13.0. The highest BCUT2D eigenvalue weighted by Crippen LogP contribution is 2.19. The van der Waals surface area contributed by atoms with E-state index in [-0.39, 0.29) is 24.7 Å². The van der Waals surface area contributed by atoms with Gasteiger partial charge in [0.15, 0.2) is 0 Å². The molecule has 0 saturated heterocycles. The fraction of sp³-hybridized carbons (Fsp3) is 0.364. The molecule has 5 nitrogen and oxygen atoms in total. The molecule has 1 N–H and O–H groups in total. The predicted molar refractivity (Wildman–Crippen MR) is 103 cm³/mol. The number of ketones is 1. The van der Waals surface area contributed by atoms with Crippen molar-refractivity contribution >= 4 is 11.8 Å². The first-order valence-electron chi connectivity index (χ1n) is 8.99. The summed E-state index contributed by atoms with van der Waals surface area (Å²) in [6.07, 6.45) is 0.305. The number of carbonyl (C=O) groups excluding carboxylic acids is 1. The summed E-state index contributed by atoms with van der Waals surface area (Å²) in [5, 5.41) is 9.48. The van der Waals surface area contributed by atoms with E-state index in [1.807, 2.05) is 42.5 Å². The van der Waals surface area contributed by atoms with Gasteiger partial charge >= 0.3 is 5.97 Å². The summed E-state index contributed by atoms with van der Waals surface area (Å²) in [4.78, 5) is 24.0. The zero-order valence-corrected chi connectivity index (χ0v) is 15.8. The highest BCUT2D eigenvalue weighted by atomic mass is 16.5. The molecule has 0 aromatic heterocycles. The quantitative estimate of drug-likeness (QED) is 0.652. The minimum absolute atomic E-state index is 0.00275. The van der Waals surface area contributed by atoms with Crippen LogP contribution >= 0.6 is 0 Å². The maximum Gasteiger partial charge on any atom is 0.307 e. The van der Waals surface area contributed by atoms with Crippen molar-refractivity contribution in [2.45, 2.75) is 26.4 Å². The lowest BCUT2D eigenvalue weighted by Gasteiger charge is -2.16. The highest BCUT2D eigenvalue weighted by Gasteiger charge is 2.24. The number of Topliss-reactive ketones (excluding diaryl/α,β-unsaturated/α-hetero) is 1. The average Bonchev–Trinajstić information content (AvgIpc) is 2.68. The van der Waals surface area contributed by atoms with E-state index in [0.717, 1.165) is 11.1 Å². The molecule has 144 valence electrons. The van der Waals surface area contributed by atoms with Crippen molar-refractivity contribution in [3.05, 3.63) is 65.7 Å². The molecule has 0 amide bonds. The second kappa shape index (κ2) is 10.5. The Balaban J connectivity index is 1.84. The van der Waals surface area contributed by atoms with Crippen LogP contribution in [-0.2, 0) is 27.4 Å². The van der Waals surface area contributed by atoms with Crippen LogP contribution in [0.1, 0.15) is 24.5 Å². The molecule has 0 aliphatic carbocycles. The standard InChI is InChI=1S/C22H26O5/c1-16(14-27-15-18-6-4-3-5-7-18)21(23)13-19(22(24)25)12-17-8-10-20(26-2)11-9-17/h3-11,16,19H,12-15H2,1-2H3,(H,24,25)/t16-,19+/m0/s1. The topological polar surface area (TPSA) is 72.8 Å². The Morgan fingerprint density at radius 1 is 1.00 bits per heavy atom. The Morgan fingerprint density at radius 3 is 2.26 bits per heavy atom. The van der Waals surface area contributed by atoms with Gasteiger partial charge in [0, 0.05) is 12.3 Å². The van der Waals surface area contributed by atoms with Crippen molar-refractivity contribution in [1.82, 2.24) is 0 Å². The Labute approximate surface area is 159 Å². The van der Waals surface area contributed by atoms with Gasteiger partial charge in [-0.05, 0) is 29.7 Å². The van der Waals surface area contributed by atoms with Gasteiger partial charge in [-0.3, -0.25) is 9.59 Å². The van der Waals surface area contributed by atoms with E-state index >= 15 is 0 Å². The first-order valence-corrected chi connectivity index (χ1v) is 8.99. The maximum atomic E-state index is 12.4. The second-order valence-electron chi connectivity index (χ2n) is 6.66. The van der Waals surface area contributed by atoms with Gasteiger partial charge < -0.3 is 14.6 Å². The molecule has 2 aromatic rings. The zero-order chi connectivity index (χ0) is 19.6. The van der Waals surface area contributed by atoms with Crippen molar-refractivity contribution in [2.75, 3.05) is 13.7 Å². The van der Waals surface area contributed by atoms with Gasteiger partial charge in [-0.1, -0.05) is 49.4 Å². The monoisotopic (exact) mass is 370 g/mol. The summed E-state index contributed by atoms with van der Waals surface area (Å²) in [5.74, 6) is -1.43.